The van der Waals surface area contributed by atoms with E-state index in [1.165, 1.54) is 25.7 Å². The van der Waals surface area contributed by atoms with E-state index in [0.29, 0.717) is 17.4 Å². The first kappa shape index (κ1) is 11.4. The molecule has 0 aromatic carbocycles. The molecule has 0 spiro atoms. The zero-order valence-electron chi connectivity index (χ0n) is 9.80. The molecule has 1 saturated carbocycles. The van der Waals surface area contributed by atoms with Crippen molar-refractivity contribution in [3.8, 4) is 0 Å². The molecule has 1 heterocycles. The van der Waals surface area contributed by atoms with Gasteiger partial charge < -0.3 is 15.8 Å². The normalized spacial score (nSPS) is 34.0. The molecule has 1 saturated heterocycles. The monoisotopic (exact) mass is 212 g/mol. The van der Waals surface area contributed by atoms with Gasteiger partial charge in [0.25, 0.3) is 0 Å². The molecule has 2 unspecified atom stereocenters. The second-order valence-corrected chi connectivity index (χ2v) is 5.31. The molecule has 88 valence electrons. The van der Waals surface area contributed by atoms with Crippen LogP contribution in [0, 0.1) is 11.3 Å². The third-order valence-electron chi connectivity index (χ3n) is 4.29. The van der Waals surface area contributed by atoms with Crippen LogP contribution < -0.4 is 11.1 Å². The maximum Gasteiger partial charge on any atom is 0.0588 e. The summed E-state index contributed by atoms with van der Waals surface area (Å²) >= 11 is 0. The summed E-state index contributed by atoms with van der Waals surface area (Å²) in [5.74, 6) is 0.708. The number of nitrogens with one attached hydrogen (secondary N) is 1. The van der Waals surface area contributed by atoms with Gasteiger partial charge in [-0.2, -0.15) is 0 Å². The van der Waals surface area contributed by atoms with Gasteiger partial charge in [-0.1, -0.05) is 6.42 Å². The Morgan fingerprint density at radius 2 is 2.27 bits per heavy atom. The second-order valence-electron chi connectivity index (χ2n) is 5.31. The van der Waals surface area contributed by atoms with Gasteiger partial charge in [0.1, 0.15) is 0 Å². The third kappa shape index (κ3) is 2.52. The zero-order valence-corrected chi connectivity index (χ0v) is 9.80. The summed E-state index contributed by atoms with van der Waals surface area (Å²) in [4.78, 5) is 0. The van der Waals surface area contributed by atoms with Gasteiger partial charge >= 0.3 is 0 Å². The van der Waals surface area contributed by atoms with Crippen molar-refractivity contribution < 1.29 is 4.74 Å². The molecule has 2 aliphatic rings. The van der Waals surface area contributed by atoms with Gasteiger partial charge in [-0.25, -0.2) is 0 Å². The predicted octanol–water partition coefficient (Wildman–Crippen LogP) is 1.13. The Kier molecular flexibility index (Phi) is 3.65. The fourth-order valence-electron chi connectivity index (χ4n) is 2.70. The Balaban J connectivity index is 1.65. The molecule has 3 N–H and O–H groups in total. The number of ether oxygens (including phenoxy) is 1. The van der Waals surface area contributed by atoms with Crippen LogP contribution in [-0.2, 0) is 4.74 Å². The molecule has 2 atom stereocenters. The highest BCUT2D eigenvalue weighted by molar-refractivity contribution is 4.90. The van der Waals surface area contributed by atoms with Crippen molar-refractivity contribution in [2.75, 3.05) is 26.2 Å². The van der Waals surface area contributed by atoms with Crippen molar-refractivity contribution in [1.29, 1.82) is 0 Å². The van der Waals surface area contributed by atoms with Crippen LogP contribution in [0.25, 0.3) is 0 Å². The molecule has 15 heavy (non-hydrogen) atoms. The van der Waals surface area contributed by atoms with E-state index in [9.17, 15) is 0 Å². The second kappa shape index (κ2) is 4.81. The lowest BCUT2D eigenvalue weighted by Crippen LogP contribution is -2.46. The lowest BCUT2D eigenvalue weighted by atomic mass is 9.69. The van der Waals surface area contributed by atoms with Crippen molar-refractivity contribution >= 4 is 0 Å². The van der Waals surface area contributed by atoms with Crippen LogP contribution in [0.2, 0.25) is 0 Å². The van der Waals surface area contributed by atoms with Gasteiger partial charge in [0.15, 0.2) is 0 Å². The molecule has 0 radical (unpaired) electrons. The van der Waals surface area contributed by atoms with Gasteiger partial charge in [0.2, 0.25) is 0 Å². The molecule has 0 bridgehead atoms. The maximum absolute atomic E-state index is 5.83. The average molecular weight is 212 g/mol. The highest BCUT2D eigenvalue weighted by Crippen LogP contribution is 2.39. The molecular weight excluding hydrogens is 188 g/mol. The maximum atomic E-state index is 5.83. The van der Waals surface area contributed by atoms with Crippen molar-refractivity contribution in [1.82, 2.24) is 5.32 Å². The molecule has 3 nitrogen and oxygen atoms in total. The standard InChI is InChI=1S/C12H24N2O/c1-10-11(3-6-15-10)7-14-9-12(8-13)4-2-5-12/h10-11,14H,2-9,13H2,1H3. The Morgan fingerprint density at radius 1 is 1.47 bits per heavy atom. The predicted molar refractivity (Wildman–Crippen MR) is 61.7 cm³/mol. The van der Waals surface area contributed by atoms with Crippen molar-refractivity contribution in [2.45, 2.75) is 38.7 Å². The lowest BCUT2D eigenvalue weighted by Gasteiger charge is -2.41. The highest BCUT2D eigenvalue weighted by Gasteiger charge is 2.35. The van der Waals surface area contributed by atoms with Gasteiger partial charge in [0.05, 0.1) is 6.10 Å². The Labute approximate surface area is 92.7 Å². The van der Waals surface area contributed by atoms with Crippen molar-refractivity contribution in [3.63, 3.8) is 0 Å². The molecule has 2 fully saturated rings. The Bertz CT molecular complexity index is 198. The number of hydrogen-bond acceptors (Lipinski definition) is 3. The van der Waals surface area contributed by atoms with Crippen LogP contribution in [0.15, 0.2) is 0 Å². The molecule has 1 aliphatic heterocycles. The summed E-state index contributed by atoms with van der Waals surface area (Å²) in [6.07, 6.45) is 5.64. The van der Waals surface area contributed by atoms with E-state index in [-0.39, 0.29) is 0 Å². The van der Waals surface area contributed by atoms with Crippen LogP contribution in [0.1, 0.15) is 32.6 Å². The van der Waals surface area contributed by atoms with Gasteiger partial charge in [-0.05, 0) is 44.1 Å². The third-order valence-corrected chi connectivity index (χ3v) is 4.29. The molecule has 3 heteroatoms. The first-order valence-corrected chi connectivity index (χ1v) is 6.28. The average Bonchev–Trinajstić information content (AvgIpc) is 2.57. The van der Waals surface area contributed by atoms with Crippen molar-refractivity contribution in [2.24, 2.45) is 17.1 Å². The van der Waals surface area contributed by atoms with Gasteiger partial charge in [-0.3, -0.25) is 0 Å². The summed E-state index contributed by atoms with van der Waals surface area (Å²) in [6, 6.07) is 0. The van der Waals surface area contributed by atoms with Crippen LogP contribution in [0.4, 0.5) is 0 Å². The minimum absolute atomic E-state index is 0.433. The van der Waals surface area contributed by atoms with E-state index in [0.717, 1.165) is 26.2 Å². The van der Waals surface area contributed by atoms with E-state index in [4.69, 9.17) is 10.5 Å². The molecule has 1 aliphatic carbocycles. The van der Waals surface area contributed by atoms with E-state index in [1.54, 1.807) is 0 Å². The first-order chi connectivity index (χ1) is 7.26. The van der Waals surface area contributed by atoms with Gasteiger partial charge in [0, 0.05) is 19.7 Å². The summed E-state index contributed by atoms with van der Waals surface area (Å²) in [7, 11) is 0. The topological polar surface area (TPSA) is 47.3 Å². The fourth-order valence-corrected chi connectivity index (χ4v) is 2.70. The van der Waals surface area contributed by atoms with E-state index in [2.05, 4.69) is 12.2 Å². The van der Waals surface area contributed by atoms with E-state index in [1.807, 2.05) is 0 Å². The van der Waals surface area contributed by atoms with E-state index < -0.39 is 0 Å². The minimum atomic E-state index is 0.433. The summed E-state index contributed by atoms with van der Waals surface area (Å²) in [5, 5.41) is 3.59. The zero-order chi connectivity index (χ0) is 10.7. The highest BCUT2D eigenvalue weighted by atomic mass is 16.5. The minimum Gasteiger partial charge on any atom is -0.378 e. The first-order valence-electron chi connectivity index (χ1n) is 6.28. The molecule has 0 aromatic rings. The SMILES string of the molecule is CC1OCCC1CNCC1(CN)CCC1. The summed E-state index contributed by atoms with van der Waals surface area (Å²) in [6.45, 7) is 6.17. The molecule has 0 amide bonds. The van der Waals surface area contributed by atoms with Crippen LogP contribution in [-0.4, -0.2) is 32.3 Å². The Hall–Kier alpha value is -0.120. The van der Waals surface area contributed by atoms with Gasteiger partial charge in [-0.15, -0.1) is 0 Å². The van der Waals surface area contributed by atoms with Crippen molar-refractivity contribution in [3.05, 3.63) is 0 Å². The number of rotatable bonds is 5. The smallest absolute Gasteiger partial charge is 0.0588 e. The fraction of sp³-hybridized carbons (Fsp3) is 1.00. The number of hydrogen-bond donors (Lipinski definition) is 2. The lowest BCUT2D eigenvalue weighted by molar-refractivity contribution is 0.100. The quantitative estimate of drug-likeness (QED) is 0.718. The Morgan fingerprint density at radius 3 is 2.73 bits per heavy atom. The number of nitrogens with two attached hydrogens (primary N) is 1. The van der Waals surface area contributed by atoms with Crippen LogP contribution in [0.5, 0.6) is 0 Å². The van der Waals surface area contributed by atoms with E-state index >= 15 is 0 Å². The van der Waals surface area contributed by atoms with Crippen LogP contribution in [0.3, 0.4) is 0 Å². The summed E-state index contributed by atoms with van der Waals surface area (Å²) in [5.41, 5.74) is 6.26. The summed E-state index contributed by atoms with van der Waals surface area (Å²) < 4.78 is 5.55. The largest absolute Gasteiger partial charge is 0.378 e. The molecule has 2 rings (SSSR count). The molecule has 0 aromatic heterocycles. The van der Waals surface area contributed by atoms with Crippen LogP contribution >= 0.6 is 0 Å². The molecular formula is C12H24N2O.